The van der Waals surface area contributed by atoms with Crippen molar-refractivity contribution in [3.63, 3.8) is 0 Å². The third kappa shape index (κ3) is 7.42. The van der Waals surface area contributed by atoms with Gasteiger partial charge in [0.1, 0.15) is 21.8 Å². The number of sulfonamides is 1. The highest BCUT2D eigenvalue weighted by molar-refractivity contribution is 7.92. The molecule has 0 radical (unpaired) electrons. The summed E-state index contributed by atoms with van der Waals surface area (Å²) < 4.78 is 71.4. The lowest BCUT2D eigenvalue weighted by Gasteiger charge is -2.24. The lowest BCUT2D eigenvalue weighted by Crippen LogP contribution is -2.50. The molecule has 15 heteroatoms. The summed E-state index contributed by atoms with van der Waals surface area (Å²) in [5.74, 6) is -0.397. The predicted octanol–water partition coefficient (Wildman–Crippen LogP) is 1.11. The Morgan fingerprint density at radius 3 is 2.34 bits per heavy atom. The van der Waals surface area contributed by atoms with Gasteiger partial charge in [-0.2, -0.15) is 5.26 Å². The Kier molecular flexibility index (Phi) is 10.1. The van der Waals surface area contributed by atoms with Crippen molar-refractivity contribution >= 4 is 39.0 Å². The molecule has 1 aromatic heterocycles. The van der Waals surface area contributed by atoms with E-state index in [0.717, 1.165) is 42.4 Å². The minimum Gasteiger partial charge on any atom is -0.768 e. The summed E-state index contributed by atoms with van der Waals surface area (Å²) in [5, 5.41) is 9.41. The fraction of sp³-hybridized carbons (Fsp3) is 0.348. The zero-order valence-electron chi connectivity index (χ0n) is 20.7. The Hall–Kier alpha value is -2.76. The number of nitrogens with one attached hydrogen (secondary N) is 1. The molecule has 0 amide bonds. The van der Waals surface area contributed by atoms with Crippen LogP contribution in [0.15, 0.2) is 34.5 Å². The lowest BCUT2D eigenvalue weighted by atomic mass is 10.2. The minimum absolute atomic E-state index is 0.0736. The second-order valence-electron chi connectivity index (χ2n) is 8.18. The highest BCUT2D eigenvalue weighted by atomic mass is 32.2. The van der Waals surface area contributed by atoms with Crippen LogP contribution < -0.4 is 35.1 Å². The summed E-state index contributed by atoms with van der Waals surface area (Å²) in [6.07, 6.45) is 0.397. The average molecular weight is 588 g/mol. The van der Waals surface area contributed by atoms with Crippen molar-refractivity contribution in [2.24, 2.45) is 0 Å². The van der Waals surface area contributed by atoms with E-state index in [1.54, 1.807) is 25.1 Å². The van der Waals surface area contributed by atoms with Crippen LogP contribution in [0.3, 0.4) is 0 Å². The molecule has 0 saturated carbocycles. The molecule has 0 fully saturated rings. The SMILES string of the molecule is Cc1c(S(=O)(=O)NCP(=O)([O-])Oc2ccc(C#N)c(F)c2)sc2cc(OCCC[NH3+])c(OCCC[NH3+])cc12. The van der Waals surface area contributed by atoms with Crippen molar-refractivity contribution in [1.82, 2.24) is 4.72 Å². The van der Waals surface area contributed by atoms with Gasteiger partial charge >= 0.3 is 0 Å². The highest BCUT2D eigenvalue weighted by Gasteiger charge is 2.25. The Morgan fingerprint density at radius 2 is 1.76 bits per heavy atom. The molecule has 0 aliphatic heterocycles. The molecule has 0 bridgehead atoms. The van der Waals surface area contributed by atoms with Crippen molar-refractivity contribution in [3.05, 3.63) is 47.3 Å². The second kappa shape index (κ2) is 12.9. The maximum absolute atomic E-state index is 13.8. The number of halogens is 1. The number of fused-ring (bicyclic) bond motifs is 1. The van der Waals surface area contributed by atoms with Crippen LogP contribution in [-0.4, -0.2) is 41.0 Å². The third-order valence-corrected chi connectivity index (χ3v) is 9.78. The van der Waals surface area contributed by atoms with E-state index in [0.29, 0.717) is 53.5 Å². The highest BCUT2D eigenvalue weighted by Crippen LogP contribution is 2.42. The first-order chi connectivity index (χ1) is 18.0. The molecule has 206 valence electrons. The number of quaternary nitrogens is 2. The first-order valence-corrected chi connectivity index (χ1v) is 15.6. The Bertz CT molecular complexity index is 1490. The molecule has 1 atom stereocenters. The van der Waals surface area contributed by atoms with Gasteiger partial charge in [-0.1, -0.05) is 0 Å². The topological polar surface area (TPSA) is 193 Å². The molecule has 38 heavy (non-hydrogen) atoms. The predicted molar refractivity (Wildman–Crippen MR) is 137 cm³/mol. The zero-order chi connectivity index (χ0) is 27.9. The molecule has 3 aromatic rings. The first-order valence-electron chi connectivity index (χ1n) is 11.6. The van der Waals surface area contributed by atoms with Gasteiger partial charge in [-0.15, -0.1) is 11.3 Å². The molecule has 7 N–H and O–H groups in total. The molecule has 3 rings (SSSR count). The van der Waals surface area contributed by atoms with E-state index < -0.39 is 29.7 Å². The molecular formula is C23H29FN4O7PS2+. The van der Waals surface area contributed by atoms with E-state index in [9.17, 15) is 22.3 Å². The number of nitrogens with zero attached hydrogens (tertiary/aromatic N) is 1. The Labute approximate surface area is 223 Å². The quantitative estimate of drug-likeness (QED) is 0.184. The number of aryl methyl sites for hydroxylation is 1. The number of benzene rings is 2. The average Bonchev–Trinajstić information content (AvgIpc) is 3.19. The lowest BCUT2D eigenvalue weighted by molar-refractivity contribution is -0.369. The van der Waals surface area contributed by atoms with E-state index >= 15 is 0 Å². The molecule has 11 nitrogen and oxygen atoms in total. The summed E-state index contributed by atoms with van der Waals surface area (Å²) >= 11 is 0.961. The summed E-state index contributed by atoms with van der Waals surface area (Å²) in [4.78, 5) is 12.4. The fourth-order valence-corrected chi connectivity index (χ4v) is 7.61. The van der Waals surface area contributed by atoms with Crippen LogP contribution in [0.25, 0.3) is 10.1 Å². The number of ether oxygens (including phenoxy) is 2. The smallest absolute Gasteiger partial charge is 0.250 e. The van der Waals surface area contributed by atoms with Crippen LogP contribution in [0.5, 0.6) is 17.2 Å². The maximum atomic E-state index is 13.8. The summed E-state index contributed by atoms with van der Waals surface area (Å²) in [6, 6.07) is 7.92. The van der Waals surface area contributed by atoms with Gasteiger partial charge in [0, 0.05) is 35.1 Å². The minimum atomic E-state index is -4.81. The van der Waals surface area contributed by atoms with E-state index in [1.165, 1.54) is 0 Å². The summed E-state index contributed by atoms with van der Waals surface area (Å²) in [5.41, 5.74) is 7.72. The van der Waals surface area contributed by atoms with Crippen LogP contribution in [0, 0.1) is 24.1 Å². The number of hydrogen-bond donors (Lipinski definition) is 3. The molecule has 0 saturated heterocycles. The Morgan fingerprint density at radius 1 is 1.13 bits per heavy atom. The van der Waals surface area contributed by atoms with E-state index in [4.69, 9.17) is 19.3 Å². The van der Waals surface area contributed by atoms with Gasteiger partial charge in [0.05, 0.1) is 38.2 Å². The summed E-state index contributed by atoms with van der Waals surface area (Å²) in [6.45, 7) is 3.83. The van der Waals surface area contributed by atoms with Gasteiger partial charge in [0.25, 0.3) is 10.0 Å². The number of thiophene rings is 1. The summed E-state index contributed by atoms with van der Waals surface area (Å²) in [7, 11) is -9.07. The standard InChI is InChI=1S/C23H28FN4O7PS2/c1-15-18-11-20(33-8-2-6-25)21(34-9-3-7-26)12-22(18)37-23(15)38(31,32)28-14-36(29,30)35-17-5-4-16(13-27)19(24)10-17/h4-5,10-12,28H,2-3,6-9,14,25-26H2,1H3,(H,29,30)/p+1. The van der Waals surface area contributed by atoms with Crippen molar-refractivity contribution in [3.8, 4) is 23.3 Å². The normalized spacial score (nSPS) is 13.2. The molecule has 2 aromatic carbocycles. The maximum Gasteiger partial charge on any atom is 0.250 e. The van der Waals surface area contributed by atoms with Crippen LogP contribution >= 0.6 is 18.9 Å². The zero-order valence-corrected chi connectivity index (χ0v) is 23.2. The van der Waals surface area contributed by atoms with Crippen LogP contribution in [-0.2, 0) is 14.6 Å². The first kappa shape index (κ1) is 29.8. The van der Waals surface area contributed by atoms with Gasteiger partial charge in [-0.25, -0.2) is 17.5 Å². The van der Waals surface area contributed by atoms with Crippen molar-refractivity contribution in [2.45, 2.75) is 24.0 Å². The van der Waals surface area contributed by atoms with E-state index in [1.807, 2.05) is 4.72 Å². The van der Waals surface area contributed by atoms with Crippen molar-refractivity contribution in [1.29, 1.82) is 5.26 Å². The molecule has 1 unspecified atom stereocenters. The van der Waals surface area contributed by atoms with Crippen LogP contribution in [0.2, 0.25) is 0 Å². The monoisotopic (exact) mass is 587 g/mol. The van der Waals surface area contributed by atoms with Gasteiger partial charge in [-0.3, -0.25) is 4.57 Å². The van der Waals surface area contributed by atoms with Crippen molar-refractivity contribution < 1.29 is 47.7 Å². The van der Waals surface area contributed by atoms with Gasteiger partial charge < -0.3 is 30.4 Å². The third-order valence-electron chi connectivity index (χ3n) is 5.26. The van der Waals surface area contributed by atoms with Crippen molar-refractivity contribution in [2.75, 3.05) is 32.6 Å². The number of rotatable bonds is 14. The van der Waals surface area contributed by atoms with Gasteiger partial charge in [0.15, 0.2) is 19.1 Å². The molecule has 0 aliphatic carbocycles. The number of hydrogen-bond acceptors (Lipinski definition) is 9. The van der Waals surface area contributed by atoms with Gasteiger partial charge in [0.2, 0.25) is 0 Å². The molecule has 0 aliphatic rings. The fourth-order valence-electron chi connectivity index (χ4n) is 3.32. The number of nitriles is 1. The largest absolute Gasteiger partial charge is 0.768 e. The van der Waals surface area contributed by atoms with Gasteiger partial charge in [-0.05, 0) is 30.7 Å². The second-order valence-corrected chi connectivity index (χ2v) is 12.9. The van der Waals surface area contributed by atoms with Crippen LogP contribution in [0.4, 0.5) is 4.39 Å². The Balaban J connectivity index is 1.83. The van der Waals surface area contributed by atoms with E-state index in [-0.39, 0.29) is 15.5 Å². The van der Waals surface area contributed by atoms with Crippen LogP contribution in [0.1, 0.15) is 24.0 Å². The molecular weight excluding hydrogens is 558 g/mol. The molecule has 1 heterocycles. The molecule has 0 spiro atoms. The van der Waals surface area contributed by atoms with E-state index in [2.05, 4.69) is 11.5 Å².